The monoisotopic (exact) mass is 214 g/mol. The fraction of sp³-hybridized carbons (Fsp3) is 1.00. The Morgan fingerprint density at radius 1 is 1.00 bits per heavy atom. The number of hydrogen-bond donors (Lipinski definition) is 1. The summed E-state index contributed by atoms with van der Waals surface area (Å²) in [4.78, 5) is 0. The van der Waals surface area contributed by atoms with Crippen molar-refractivity contribution in [1.29, 1.82) is 0 Å². The first kappa shape index (κ1) is 15.0. The molecule has 15 heavy (non-hydrogen) atoms. The first-order chi connectivity index (χ1) is 6.81. The summed E-state index contributed by atoms with van der Waals surface area (Å²) in [7, 11) is 0. The third kappa shape index (κ3) is 6.19. The van der Waals surface area contributed by atoms with Crippen LogP contribution < -0.4 is 0 Å². The zero-order valence-electron chi connectivity index (χ0n) is 11.5. The van der Waals surface area contributed by atoms with Gasteiger partial charge in [-0.05, 0) is 30.1 Å². The third-order valence-electron chi connectivity index (χ3n) is 3.86. The van der Waals surface area contributed by atoms with E-state index in [0.717, 1.165) is 12.8 Å². The maximum Gasteiger partial charge on any atom is 0.0545 e. The van der Waals surface area contributed by atoms with Gasteiger partial charge in [0.1, 0.15) is 0 Å². The van der Waals surface area contributed by atoms with Crippen LogP contribution in [0.1, 0.15) is 67.2 Å². The van der Waals surface area contributed by atoms with Gasteiger partial charge < -0.3 is 5.11 Å². The van der Waals surface area contributed by atoms with Crippen LogP contribution in [0.2, 0.25) is 0 Å². The Labute approximate surface area is 96.3 Å². The molecule has 1 heteroatoms. The molecular weight excluding hydrogens is 184 g/mol. The molecule has 0 fully saturated rings. The molecule has 2 atom stereocenters. The predicted octanol–water partition coefficient (Wildman–Crippen LogP) is 4.25. The second kappa shape index (κ2) is 6.52. The van der Waals surface area contributed by atoms with Gasteiger partial charge in [0, 0.05) is 0 Å². The summed E-state index contributed by atoms with van der Waals surface area (Å²) in [5.41, 5.74) is 0.314. The summed E-state index contributed by atoms with van der Waals surface area (Å²) >= 11 is 0. The smallest absolute Gasteiger partial charge is 0.0545 e. The molecule has 0 amide bonds. The summed E-state index contributed by atoms with van der Waals surface area (Å²) in [6.07, 6.45) is 4.20. The van der Waals surface area contributed by atoms with E-state index >= 15 is 0 Å². The number of aliphatic hydroxyl groups excluding tert-OH is 1. The van der Waals surface area contributed by atoms with Gasteiger partial charge in [-0.2, -0.15) is 0 Å². The molecule has 0 saturated heterocycles. The SMILES string of the molecule is CCC(CC)CC(O)CC(C)C(C)(C)C. The van der Waals surface area contributed by atoms with Crippen LogP contribution in [0.5, 0.6) is 0 Å². The molecule has 0 aliphatic rings. The highest BCUT2D eigenvalue weighted by molar-refractivity contribution is 4.74. The van der Waals surface area contributed by atoms with Crippen LogP contribution in [0, 0.1) is 17.3 Å². The summed E-state index contributed by atoms with van der Waals surface area (Å²) in [6.45, 7) is 13.4. The second-order valence-corrected chi connectivity index (χ2v) is 6.07. The molecule has 0 rings (SSSR count). The normalized spacial score (nSPS) is 16.8. The van der Waals surface area contributed by atoms with Crippen LogP contribution in [0.15, 0.2) is 0 Å². The van der Waals surface area contributed by atoms with Crippen molar-refractivity contribution in [1.82, 2.24) is 0 Å². The molecule has 0 aliphatic heterocycles. The standard InChI is InChI=1S/C14H30O/c1-7-12(8-2)10-13(15)9-11(3)14(4,5)6/h11-13,15H,7-10H2,1-6H3. The van der Waals surface area contributed by atoms with Crippen molar-refractivity contribution < 1.29 is 5.11 Å². The van der Waals surface area contributed by atoms with Crippen molar-refractivity contribution in [2.24, 2.45) is 17.3 Å². The highest BCUT2D eigenvalue weighted by atomic mass is 16.3. The lowest BCUT2D eigenvalue weighted by Crippen LogP contribution is -2.24. The van der Waals surface area contributed by atoms with Crippen LogP contribution in [0.4, 0.5) is 0 Å². The van der Waals surface area contributed by atoms with Gasteiger partial charge in [-0.15, -0.1) is 0 Å². The van der Waals surface area contributed by atoms with Crippen molar-refractivity contribution >= 4 is 0 Å². The van der Waals surface area contributed by atoms with Crippen molar-refractivity contribution in [2.45, 2.75) is 73.3 Å². The summed E-state index contributed by atoms with van der Waals surface area (Å²) in [5, 5.41) is 10.0. The van der Waals surface area contributed by atoms with Crippen LogP contribution in [-0.2, 0) is 0 Å². The van der Waals surface area contributed by atoms with Gasteiger partial charge in [-0.1, -0.05) is 54.4 Å². The summed E-state index contributed by atoms with van der Waals surface area (Å²) < 4.78 is 0. The van der Waals surface area contributed by atoms with Crippen LogP contribution >= 0.6 is 0 Å². The zero-order valence-corrected chi connectivity index (χ0v) is 11.5. The highest BCUT2D eigenvalue weighted by Crippen LogP contribution is 2.30. The van der Waals surface area contributed by atoms with Gasteiger partial charge in [0.05, 0.1) is 6.10 Å². The minimum atomic E-state index is -0.107. The van der Waals surface area contributed by atoms with Crippen molar-refractivity contribution in [3.63, 3.8) is 0 Å². The van der Waals surface area contributed by atoms with E-state index < -0.39 is 0 Å². The molecule has 0 spiro atoms. The molecule has 0 heterocycles. The highest BCUT2D eigenvalue weighted by Gasteiger charge is 2.23. The number of rotatable bonds is 6. The van der Waals surface area contributed by atoms with Crippen LogP contribution in [-0.4, -0.2) is 11.2 Å². The van der Waals surface area contributed by atoms with Gasteiger partial charge in [0.15, 0.2) is 0 Å². The number of aliphatic hydroxyl groups is 1. The molecular formula is C14H30O. The van der Waals surface area contributed by atoms with Gasteiger partial charge in [0.2, 0.25) is 0 Å². The average Bonchev–Trinajstić information content (AvgIpc) is 2.12. The van der Waals surface area contributed by atoms with E-state index in [1.54, 1.807) is 0 Å². The quantitative estimate of drug-likeness (QED) is 0.701. The fourth-order valence-corrected chi connectivity index (χ4v) is 1.86. The Morgan fingerprint density at radius 3 is 1.80 bits per heavy atom. The van der Waals surface area contributed by atoms with Crippen LogP contribution in [0.25, 0.3) is 0 Å². The molecule has 0 aromatic carbocycles. The largest absolute Gasteiger partial charge is 0.393 e. The van der Waals surface area contributed by atoms with E-state index in [0.29, 0.717) is 17.3 Å². The van der Waals surface area contributed by atoms with E-state index in [1.165, 1.54) is 12.8 Å². The summed E-state index contributed by atoms with van der Waals surface area (Å²) in [5.74, 6) is 1.29. The second-order valence-electron chi connectivity index (χ2n) is 6.07. The maximum absolute atomic E-state index is 10.0. The van der Waals surface area contributed by atoms with Gasteiger partial charge in [-0.3, -0.25) is 0 Å². The van der Waals surface area contributed by atoms with Gasteiger partial charge in [0.25, 0.3) is 0 Å². The van der Waals surface area contributed by atoms with Crippen molar-refractivity contribution in [3.8, 4) is 0 Å². The van der Waals surface area contributed by atoms with E-state index in [4.69, 9.17) is 0 Å². The van der Waals surface area contributed by atoms with Crippen molar-refractivity contribution in [3.05, 3.63) is 0 Å². The molecule has 0 aliphatic carbocycles. The minimum absolute atomic E-state index is 0.107. The van der Waals surface area contributed by atoms with E-state index in [2.05, 4.69) is 41.5 Å². The Bertz CT molecular complexity index is 153. The Hall–Kier alpha value is -0.0400. The molecule has 0 saturated carbocycles. The molecule has 0 bridgehead atoms. The van der Waals surface area contributed by atoms with Gasteiger partial charge in [-0.25, -0.2) is 0 Å². The minimum Gasteiger partial charge on any atom is -0.393 e. The first-order valence-electron chi connectivity index (χ1n) is 6.49. The number of hydrogen-bond acceptors (Lipinski definition) is 1. The summed E-state index contributed by atoms with van der Waals surface area (Å²) in [6, 6.07) is 0. The lowest BCUT2D eigenvalue weighted by molar-refractivity contribution is 0.0872. The third-order valence-corrected chi connectivity index (χ3v) is 3.86. The molecule has 92 valence electrons. The van der Waals surface area contributed by atoms with Gasteiger partial charge >= 0.3 is 0 Å². The van der Waals surface area contributed by atoms with E-state index in [1.807, 2.05) is 0 Å². The molecule has 2 unspecified atom stereocenters. The Balaban J connectivity index is 3.97. The molecule has 0 radical (unpaired) electrons. The maximum atomic E-state index is 10.0. The molecule has 1 N–H and O–H groups in total. The lowest BCUT2D eigenvalue weighted by Gasteiger charge is -2.30. The van der Waals surface area contributed by atoms with Crippen LogP contribution in [0.3, 0.4) is 0 Å². The molecule has 1 nitrogen and oxygen atoms in total. The fourth-order valence-electron chi connectivity index (χ4n) is 1.86. The van der Waals surface area contributed by atoms with Crippen molar-refractivity contribution in [2.75, 3.05) is 0 Å². The average molecular weight is 214 g/mol. The predicted molar refractivity (Wildman–Crippen MR) is 67.9 cm³/mol. The van der Waals surface area contributed by atoms with E-state index in [9.17, 15) is 5.11 Å². The topological polar surface area (TPSA) is 20.2 Å². The first-order valence-corrected chi connectivity index (χ1v) is 6.49. The Morgan fingerprint density at radius 2 is 1.47 bits per heavy atom. The molecule has 0 aromatic heterocycles. The zero-order chi connectivity index (χ0) is 12.1. The Kier molecular flexibility index (Phi) is 6.51. The lowest BCUT2D eigenvalue weighted by atomic mass is 9.78. The molecule has 0 aromatic rings. The van der Waals surface area contributed by atoms with E-state index in [-0.39, 0.29) is 6.10 Å².